The third-order valence-corrected chi connectivity index (χ3v) is 5.55. The van der Waals surface area contributed by atoms with E-state index in [0.717, 1.165) is 31.0 Å². The Morgan fingerprint density at radius 3 is 3.00 bits per heavy atom. The molecule has 0 bridgehead atoms. The Kier molecular flexibility index (Phi) is 4.46. The average Bonchev–Trinajstić information content (AvgIpc) is 3.35. The van der Waals surface area contributed by atoms with Gasteiger partial charge >= 0.3 is 0 Å². The van der Waals surface area contributed by atoms with Gasteiger partial charge in [-0.05, 0) is 30.0 Å². The number of H-pyrrole nitrogens is 1. The third kappa shape index (κ3) is 3.41. The molecule has 2 aromatic heterocycles. The number of carbonyl (C=O) groups excluding carboxylic acids is 1. The number of aromatic nitrogens is 2. The molecule has 3 heterocycles. The molecule has 1 aliphatic rings. The number of benzene rings is 1. The molecule has 4 rings (SSSR count). The first-order valence-corrected chi connectivity index (χ1v) is 9.36. The molecule has 1 amide bonds. The molecule has 3 aromatic rings. The van der Waals surface area contributed by atoms with Gasteiger partial charge in [-0.1, -0.05) is 29.8 Å². The first-order valence-electron chi connectivity index (χ1n) is 8.10. The number of anilines is 1. The highest BCUT2D eigenvalue weighted by atomic mass is 35.5. The lowest BCUT2D eigenvalue weighted by atomic mass is 10.2. The van der Waals surface area contributed by atoms with Gasteiger partial charge in [-0.25, -0.2) is 0 Å². The van der Waals surface area contributed by atoms with Crippen molar-refractivity contribution in [2.75, 3.05) is 18.0 Å². The number of halogens is 1. The highest BCUT2D eigenvalue weighted by molar-refractivity contribution is 7.13. The molecule has 7 heteroatoms. The molecule has 1 aromatic carbocycles. The second-order valence-electron chi connectivity index (χ2n) is 6.00. The molecule has 5 nitrogen and oxygen atoms in total. The Balaban J connectivity index is 1.40. The fraction of sp³-hybridized carbons (Fsp3) is 0.222. The van der Waals surface area contributed by atoms with E-state index in [9.17, 15) is 4.79 Å². The predicted molar refractivity (Wildman–Crippen MR) is 101 cm³/mol. The number of thiophene rings is 1. The van der Waals surface area contributed by atoms with Crippen LogP contribution in [0.2, 0.25) is 5.02 Å². The molecule has 25 heavy (non-hydrogen) atoms. The van der Waals surface area contributed by atoms with E-state index in [2.05, 4.69) is 32.5 Å². The fourth-order valence-electron chi connectivity index (χ4n) is 3.03. The Morgan fingerprint density at radius 2 is 2.20 bits per heavy atom. The van der Waals surface area contributed by atoms with E-state index >= 15 is 0 Å². The van der Waals surface area contributed by atoms with Gasteiger partial charge in [0.15, 0.2) is 5.82 Å². The van der Waals surface area contributed by atoms with Crippen LogP contribution in [0.25, 0.3) is 10.6 Å². The van der Waals surface area contributed by atoms with Gasteiger partial charge in [0.25, 0.3) is 5.91 Å². The summed E-state index contributed by atoms with van der Waals surface area (Å²) in [6, 6.07) is 13.3. The topological polar surface area (TPSA) is 61.0 Å². The molecule has 2 N–H and O–H groups in total. The van der Waals surface area contributed by atoms with E-state index in [4.69, 9.17) is 11.6 Å². The maximum Gasteiger partial charge on any atom is 0.253 e. The largest absolute Gasteiger partial charge is 0.353 e. The standard InChI is InChI=1S/C18H17ClN4OS/c19-14-5-2-1-4-13(14)18(24)20-12-7-8-23(11-12)17-10-15(21-22-17)16-6-3-9-25-16/h1-6,9-10,12H,7-8,11H2,(H,20,24)(H,21,22)/t12-/m0/s1. The summed E-state index contributed by atoms with van der Waals surface area (Å²) in [4.78, 5) is 15.7. The minimum Gasteiger partial charge on any atom is -0.353 e. The summed E-state index contributed by atoms with van der Waals surface area (Å²) >= 11 is 7.78. The van der Waals surface area contributed by atoms with E-state index in [1.807, 2.05) is 23.6 Å². The zero-order chi connectivity index (χ0) is 17.2. The quantitative estimate of drug-likeness (QED) is 0.732. The number of hydrogen-bond donors (Lipinski definition) is 2. The van der Waals surface area contributed by atoms with Gasteiger partial charge in [-0.3, -0.25) is 9.89 Å². The highest BCUT2D eigenvalue weighted by Crippen LogP contribution is 2.27. The van der Waals surface area contributed by atoms with Gasteiger partial charge in [0.1, 0.15) is 0 Å². The number of carbonyl (C=O) groups is 1. The van der Waals surface area contributed by atoms with Crippen LogP contribution in [-0.4, -0.2) is 35.2 Å². The SMILES string of the molecule is O=C(N[C@H]1CCN(c2cc(-c3cccs3)[nH]n2)C1)c1ccccc1Cl. The van der Waals surface area contributed by atoms with Crippen LogP contribution in [0.3, 0.4) is 0 Å². The van der Waals surface area contributed by atoms with Crippen LogP contribution in [0.15, 0.2) is 47.8 Å². The lowest BCUT2D eigenvalue weighted by Gasteiger charge is -2.16. The molecule has 0 radical (unpaired) electrons. The second-order valence-corrected chi connectivity index (χ2v) is 7.36. The maximum absolute atomic E-state index is 12.4. The van der Waals surface area contributed by atoms with Gasteiger partial charge < -0.3 is 10.2 Å². The Morgan fingerprint density at radius 1 is 1.32 bits per heavy atom. The highest BCUT2D eigenvalue weighted by Gasteiger charge is 2.26. The van der Waals surface area contributed by atoms with Crippen LogP contribution in [0, 0.1) is 0 Å². The minimum absolute atomic E-state index is 0.0886. The van der Waals surface area contributed by atoms with Crippen LogP contribution in [-0.2, 0) is 0 Å². The molecule has 1 fully saturated rings. The molecule has 1 aliphatic heterocycles. The predicted octanol–water partition coefficient (Wildman–Crippen LogP) is 3.80. The van der Waals surface area contributed by atoms with E-state index in [1.165, 1.54) is 4.88 Å². The summed E-state index contributed by atoms with van der Waals surface area (Å²) < 4.78 is 0. The van der Waals surface area contributed by atoms with E-state index in [1.54, 1.807) is 23.5 Å². The number of nitrogens with one attached hydrogen (secondary N) is 2. The molecule has 1 atom stereocenters. The zero-order valence-corrected chi connectivity index (χ0v) is 15.0. The molecule has 0 unspecified atom stereocenters. The van der Waals surface area contributed by atoms with Crippen molar-refractivity contribution in [1.82, 2.24) is 15.5 Å². The summed E-state index contributed by atoms with van der Waals surface area (Å²) in [5.41, 5.74) is 1.54. The lowest BCUT2D eigenvalue weighted by Crippen LogP contribution is -2.37. The molecular formula is C18H17ClN4OS. The normalized spacial score (nSPS) is 17.0. The molecule has 0 aliphatic carbocycles. The second kappa shape index (κ2) is 6.90. The van der Waals surface area contributed by atoms with Crippen LogP contribution in [0.5, 0.6) is 0 Å². The zero-order valence-electron chi connectivity index (χ0n) is 13.4. The van der Waals surface area contributed by atoms with Crippen molar-refractivity contribution in [1.29, 1.82) is 0 Å². The summed E-state index contributed by atoms with van der Waals surface area (Å²) in [5, 5.41) is 13.1. The van der Waals surface area contributed by atoms with Crippen molar-refractivity contribution >= 4 is 34.7 Å². The number of rotatable bonds is 4. The number of aromatic amines is 1. The van der Waals surface area contributed by atoms with Crippen molar-refractivity contribution in [2.45, 2.75) is 12.5 Å². The van der Waals surface area contributed by atoms with Crippen molar-refractivity contribution in [3.63, 3.8) is 0 Å². The lowest BCUT2D eigenvalue weighted by molar-refractivity contribution is 0.0940. The number of hydrogen-bond acceptors (Lipinski definition) is 4. The van der Waals surface area contributed by atoms with Crippen LogP contribution in [0.1, 0.15) is 16.8 Å². The number of nitrogens with zero attached hydrogens (tertiary/aromatic N) is 2. The van der Waals surface area contributed by atoms with E-state index < -0.39 is 0 Å². The van der Waals surface area contributed by atoms with Gasteiger partial charge in [-0.15, -0.1) is 11.3 Å². The van der Waals surface area contributed by atoms with Crippen molar-refractivity contribution in [3.8, 4) is 10.6 Å². The summed E-state index contributed by atoms with van der Waals surface area (Å²) in [6.07, 6.45) is 0.886. The molecule has 1 saturated heterocycles. The monoisotopic (exact) mass is 372 g/mol. The number of amides is 1. The molecule has 0 spiro atoms. The van der Waals surface area contributed by atoms with E-state index in [-0.39, 0.29) is 11.9 Å². The van der Waals surface area contributed by atoms with Gasteiger partial charge in [0, 0.05) is 25.2 Å². The van der Waals surface area contributed by atoms with Crippen molar-refractivity contribution in [3.05, 3.63) is 58.4 Å². The third-order valence-electron chi connectivity index (χ3n) is 4.32. The van der Waals surface area contributed by atoms with Gasteiger partial charge in [0.2, 0.25) is 0 Å². The van der Waals surface area contributed by atoms with Crippen molar-refractivity contribution < 1.29 is 4.79 Å². The van der Waals surface area contributed by atoms with Gasteiger partial charge in [0.05, 0.1) is 21.2 Å². The Labute approximate surface area is 154 Å². The maximum atomic E-state index is 12.4. The molecule has 0 saturated carbocycles. The first kappa shape index (κ1) is 16.2. The smallest absolute Gasteiger partial charge is 0.253 e. The average molecular weight is 373 g/mol. The summed E-state index contributed by atoms with van der Waals surface area (Å²) in [7, 11) is 0. The van der Waals surface area contributed by atoms with Crippen LogP contribution in [0.4, 0.5) is 5.82 Å². The minimum atomic E-state index is -0.126. The first-order chi connectivity index (χ1) is 12.2. The molecule has 128 valence electrons. The Hall–Kier alpha value is -2.31. The Bertz CT molecular complexity index is 877. The molecular weight excluding hydrogens is 356 g/mol. The van der Waals surface area contributed by atoms with Crippen LogP contribution >= 0.6 is 22.9 Å². The summed E-state index contributed by atoms with van der Waals surface area (Å²) in [5.74, 6) is 0.789. The van der Waals surface area contributed by atoms with E-state index in [0.29, 0.717) is 10.6 Å². The van der Waals surface area contributed by atoms with Crippen LogP contribution < -0.4 is 10.2 Å². The van der Waals surface area contributed by atoms with Gasteiger partial charge in [-0.2, -0.15) is 5.10 Å². The summed E-state index contributed by atoms with van der Waals surface area (Å²) in [6.45, 7) is 1.60. The fourth-order valence-corrected chi connectivity index (χ4v) is 3.94. The van der Waals surface area contributed by atoms with Crippen molar-refractivity contribution in [2.24, 2.45) is 0 Å².